The van der Waals surface area contributed by atoms with Crippen molar-refractivity contribution in [3.8, 4) is 22.3 Å². The Bertz CT molecular complexity index is 5140. The number of rotatable bonds is 16. The van der Waals surface area contributed by atoms with Gasteiger partial charge in [-0.1, -0.05) is 146 Å². The number of fused-ring (bicyclic) bond motifs is 3. The topological polar surface area (TPSA) is 300 Å². The van der Waals surface area contributed by atoms with Gasteiger partial charge in [0.1, 0.15) is 42.0 Å². The molecular weight excluding hydrogens is 1630 g/mol. The Kier molecular flexibility index (Phi) is 22.8. The largest absolute Gasteiger partial charge is 0.488 e. The van der Waals surface area contributed by atoms with E-state index in [1.54, 1.807) is 36.4 Å². The number of benzene rings is 12. The van der Waals surface area contributed by atoms with Crippen LogP contribution in [0, 0.1) is 40.5 Å². The van der Waals surface area contributed by atoms with Crippen molar-refractivity contribution in [2.45, 2.75) is 0 Å². The van der Waals surface area contributed by atoms with E-state index in [1.807, 2.05) is 231 Å². The highest BCUT2D eigenvalue weighted by atomic mass is 79.9. The maximum absolute atomic E-state index is 12.9. The zero-order valence-corrected chi connectivity index (χ0v) is 61.5. The fraction of sp³-hybridized carbons (Fsp3) is 0. The molecule has 0 radical (unpaired) electrons. The molecule has 0 aliphatic rings. The summed E-state index contributed by atoms with van der Waals surface area (Å²) in [6.45, 7) is 0. The van der Waals surface area contributed by atoms with Crippen molar-refractivity contribution < 1.29 is 29.7 Å². The molecule has 0 unspecified atom stereocenters. The van der Waals surface area contributed by atoms with Crippen molar-refractivity contribution in [3.63, 3.8) is 0 Å². The van der Waals surface area contributed by atoms with Gasteiger partial charge in [-0.3, -0.25) is 40.5 Å². The SMILES string of the molecule is Brc1ccc(Br)c2nsnc12.O=[N+]([O-])c1c([N+](=O)[O-])c(-c2ccc(N(c3ccccc3)c3ccccc3)cc2)c2nsnc2c1-c1ccc(N(c2ccccc2)c2ccccc2)cc1.O=[N+]([O-])c1c([N+](=O)[O-])c(Br)c2nsnc2c1Br.OB(O)c1ccc(N(c2ccccc2)c2ccccc2)cc1. The maximum atomic E-state index is 12.9. The molecule has 0 saturated heterocycles. The smallest absolute Gasteiger partial charge is 0.423 e. The third-order valence-electron chi connectivity index (χ3n) is 15.6. The predicted octanol–water partition coefficient (Wildman–Crippen LogP) is 20.9. The zero-order valence-electron chi connectivity index (χ0n) is 52.7. The van der Waals surface area contributed by atoms with E-state index in [-0.39, 0.29) is 42.1 Å². The monoisotopic (exact) mass is 1670 g/mol. The Morgan fingerprint density at radius 3 is 0.757 bits per heavy atom. The number of nitrogens with zero attached hydrogens (tertiary/aromatic N) is 13. The van der Waals surface area contributed by atoms with Crippen molar-refractivity contribution >= 4 is 219 Å². The molecule has 0 aliphatic carbocycles. The third kappa shape index (κ3) is 15.7. The molecule has 23 nitrogen and oxygen atoms in total. The highest BCUT2D eigenvalue weighted by Crippen LogP contribution is 2.51. The minimum Gasteiger partial charge on any atom is -0.423 e. The van der Waals surface area contributed by atoms with Gasteiger partial charge in [0, 0.05) is 60.1 Å². The average Bonchev–Trinajstić information content (AvgIpc) is 1.72. The number of nitro groups is 4. The normalized spacial score (nSPS) is 10.7. The van der Waals surface area contributed by atoms with Gasteiger partial charge in [0.25, 0.3) is 0 Å². The molecule has 12 aromatic carbocycles. The molecule has 15 aromatic rings. The van der Waals surface area contributed by atoms with Gasteiger partial charge in [-0.2, -0.15) is 26.2 Å². The second-order valence-corrected chi connectivity index (χ2v) is 26.7. The Morgan fingerprint density at radius 2 is 0.515 bits per heavy atom. The van der Waals surface area contributed by atoms with Crippen molar-refractivity contribution in [2.24, 2.45) is 0 Å². The molecule has 0 atom stereocenters. The van der Waals surface area contributed by atoms with Crippen LogP contribution in [0.4, 0.5) is 73.9 Å². The van der Waals surface area contributed by atoms with Gasteiger partial charge in [-0.25, -0.2) is 0 Å². The quantitative estimate of drug-likeness (QED) is 0.0516. The van der Waals surface area contributed by atoms with E-state index in [2.05, 4.69) is 105 Å². The van der Waals surface area contributed by atoms with Crippen LogP contribution in [0.1, 0.15) is 0 Å². The van der Waals surface area contributed by atoms with Crippen molar-refractivity contribution in [1.82, 2.24) is 26.2 Å². The van der Waals surface area contributed by atoms with E-state index in [0.29, 0.717) is 16.6 Å². The van der Waals surface area contributed by atoms with Crippen LogP contribution in [-0.2, 0) is 0 Å². The van der Waals surface area contributed by atoms with Crippen molar-refractivity contribution in [1.29, 1.82) is 0 Å². The Hall–Kier alpha value is -11.0. The standard InChI is InChI=1S/C42H28N6O4S.C18H16BNO2.C6Br2N4O4S.C6H2Br2N2S/c49-47(50)41-37(29-21-25-35(26-22-29)45(31-13-5-1-6-14-31)32-15-7-2-8-16-32)39-40(44-53-43-39)38(42(41)48(51)52)30-23-27-36(28-24-30)46(33-17-9-3-10-18-33)34-19-11-4-12-20-34;21-19(22)15-11-13-18(14-12-15)20(16-7-3-1-4-8-16)17-9-5-2-6-10-17;7-1-3-4(10-17-9-3)2(8)6(12(15)16)5(1)11(13)14;7-3-1-2-4(8)6-5(3)9-11-10-6/h1-28H;1-14,21-22H;;1-2H. The fourth-order valence-corrected chi connectivity index (χ4v) is 15.3. The number of nitro benzene ring substituents is 4. The summed E-state index contributed by atoms with van der Waals surface area (Å²) < 4.78 is 26.8. The molecule has 31 heteroatoms. The summed E-state index contributed by atoms with van der Waals surface area (Å²) in [6, 6.07) is 84.8. The minimum atomic E-state index is -1.45. The van der Waals surface area contributed by atoms with Crippen LogP contribution in [-0.4, -0.2) is 63.1 Å². The van der Waals surface area contributed by atoms with Gasteiger partial charge in [-0.15, -0.1) is 0 Å². The van der Waals surface area contributed by atoms with Gasteiger partial charge in [0.15, 0.2) is 0 Å². The fourth-order valence-electron chi connectivity index (χ4n) is 11.1. The van der Waals surface area contributed by atoms with Crippen LogP contribution < -0.4 is 20.2 Å². The second kappa shape index (κ2) is 32.8. The zero-order chi connectivity index (χ0) is 72.3. The van der Waals surface area contributed by atoms with Crippen LogP contribution in [0.2, 0.25) is 0 Å². The first-order valence-electron chi connectivity index (χ1n) is 30.5. The lowest BCUT2D eigenvalue weighted by atomic mass is 9.80. The third-order valence-corrected chi connectivity index (χ3v) is 20.0. The molecule has 0 aliphatic heterocycles. The molecule has 103 heavy (non-hydrogen) atoms. The summed E-state index contributed by atoms with van der Waals surface area (Å²) in [6.07, 6.45) is 0. The molecule has 15 rings (SSSR count). The first kappa shape index (κ1) is 71.8. The van der Waals surface area contributed by atoms with E-state index in [4.69, 9.17) is 0 Å². The van der Waals surface area contributed by atoms with E-state index in [0.717, 1.165) is 94.6 Å². The summed E-state index contributed by atoms with van der Waals surface area (Å²) in [5.41, 5.74) is 9.89. The lowest BCUT2D eigenvalue weighted by molar-refractivity contribution is -0.423. The summed E-state index contributed by atoms with van der Waals surface area (Å²) in [5.74, 6) is 0. The predicted molar refractivity (Wildman–Crippen MR) is 421 cm³/mol. The Balaban J connectivity index is 0.000000161. The van der Waals surface area contributed by atoms with Gasteiger partial charge >= 0.3 is 29.9 Å². The lowest BCUT2D eigenvalue weighted by Crippen LogP contribution is -2.29. The average molecular weight is 1680 g/mol. The van der Waals surface area contributed by atoms with Crippen LogP contribution in [0.25, 0.3) is 55.4 Å². The first-order valence-corrected chi connectivity index (χ1v) is 35.8. The second-order valence-electron chi connectivity index (χ2n) is 21.8. The summed E-state index contributed by atoms with van der Waals surface area (Å²) in [7, 11) is -1.45. The number of halogens is 4. The molecule has 3 heterocycles. The van der Waals surface area contributed by atoms with Gasteiger partial charge in [0.05, 0.1) is 66.0 Å². The summed E-state index contributed by atoms with van der Waals surface area (Å²) in [4.78, 5) is 50.8. The molecule has 508 valence electrons. The Labute approximate surface area is 631 Å². The van der Waals surface area contributed by atoms with Crippen LogP contribution in [0.3, 0.4) is 0 Å². The molecule has 0 saturated carbocycles. The highest BCUT2D eigenvalue weighted by Gasteiger charge is 2.40. The molecule has 2 N–H and O–H groups in total. The molecule has 0 spiro atoms. The summed E-state index contributed by atoms with van der Waals surface area (Å²) >= 11 is 15.6. The van der Waals surface area contributed by atoms with E-state index < -0.39 is 49.6 Å². The van der Waals surface area contributed by atoms with Crippen LogP contribution in [0.15, 0.2) is 285 Å². The molecule has 3 aromatic heterocycles. The lowest BCUT2D eigenvalue weighted by Gasteiger charge is -2.25. The molecule has 0 amide bonds. The van der Waals surface area contributed by atoms with E-state index >= 15 is 0 Å². The minimum absolute atomic E-state index is 0.0406. The van der Waals surface area contributed by atoms with E-state index in [9.17, 15) is 50.5 Å². The highest BCUT2D eigenvalue weighted by molar-refractivity contribution is 9.11. The van der Waals surface area contributed by atoms with Crippen LogP contribution >= 0.6 is 98.9 Å². The summed E-state index contributed by atoms with van der Waals surface area (Å²) in [5, 5.41) is 66.0. The van der Waals surface area contributed by atoms with Crippen LogP contribution in [0.5, 0.6) is 0 Å². The van der Waals surface area contributed by atoms with Crippen molar-refractivity contribution in [3.05, 3.63) is 325 Å². The number of hydrogen-bond donors (Lipinski definition) is 2. The number of anilines is 9. The van der Waals surface area contributed by atoms with Gasteiger partial charge < -0.3 is 24.7 Å². The van der Waals surface area contributed by atoms with Gasteiger partial charge in [-0.05, 0) is 202 Å². The molecule has 0 fully saturated rings. The number of hydrogen-bond acceptors (Lipinski definition) is 22. The van der Waals surface area contributed by atoms with Gasteiger partial charge in [0.2, 0.25) is 0 Å². The Morgan fingerprint density at radius 1 is 0.291 bits per heavy atom. The van der Waals surface area contributed by atoms with E-state index in [1.165, 1.54) is 11.7 Å². The molecular formula is C72H46BBr4N13O10S3. The molecule has 0 bridgehead atoms. The first-order chi connectivity index (χ1) is 50.0. The number of aromatic nitrogens is 6. The number of para-hydroxylation sites is 6. The maximum Gasteiger partial charge on any atom is 0.488 e. The van der Waals surface area contributed by atoms with Crippen molar-refractivity contribution in [2.75, 3.05) is 14.7 Å².